The van der Waals surface area contributed by atoms with E-state index in [1.54, 1.807) is 12.4 Å². The molecule has 6 heteroatoms. The monoisotopic (exact) mass is 323 g/mol. The molecule has 1 atom stereocenters. The molecule has 0 radical (unpaired) electrons. The van der Waals surface area contributed by atoms with Crippen LogP contribution in [0.15, 0.2) is 59.4 Å². The Hall–Kier alpha value is -2.99. The van der Waals surface area contributed by atoms with Gasteiger partial charge in [-0.15, -0.1) is 0 Å². The predicted octanol–water partition coefficient (Wildman–Crippen LogP) is 2.72. The maximum atomic E-state index is 12.7. The molecule has 0 saturated carbocycles. The largest absolute Gasteiger partial charge is 0.385 e. The average Bonchev–Trinajstić information content (AvgIpc) is 3.07. The van der Waals surface area contributed by atoms with Crippen molar-refractivity contribution in [3.05, 3.63) is 71.7 Å². The van der Waals surface area contributed by atoms with Crippen LogP contribution in [-0.4, -0.2) is 21.2 Å². The molecule has 3 aromatic rings. The first-order chi connectivity index (χ1) is 11.7. The molecule has 0 aliphatic carbocycles. The van der Waals surface area contributed by atoms with Gasteiger partial charge in [0.15, 0.2) is 5.76 Å². The summed E-state index contributed by atoms with van der Waals surface area (Å²) in [6, 6.07) is 12.9. The maximum Gasteiger partial charge on any atom is 0.257 e. The zero-order valence-electron chi connectivity index (χ0n) is 13.1. The van der Waals surface area contributed by atoms with Crippen LogP contribution >= 0.6 is 0 Å². The van der Waals surface area contributed by atoms with Gasteiger partial charge in [0.1, 0.15) is 17.4 Å². The van der Waals surface area contributed by atoms with Crippen molar-refractivity contribution >= 4 is 5.91 Å². The van der Waals surface area contributed by atoms with E-state index in [9.17, 15) is 9.90 Å². The Morgan fingerprint density at radius 3 is 2.58 bits per heavy atom. The third kappa shape index (κ3) is 3.33. The number of hydrogen-bond donors (Lipinski definition) is 2. The second-order valence-electron chi connectivity index (χ2n) is 5.35. The molecule has 3 rings (SSSR count). The molecule has 0 aliphatic heterocycles. The predicted molar refractivity (Wildman–Crippen MR) is 88.0 cm³/mol. The van der Waals surface area contributed by atoms with Crippen LogP contribution in [0, 0.1) is 0 Å². The van der Waals surface area contributed by atoms with Crippen LogP contribution in [0.4, 0.5) is 0 Å². The van der Waals surface area contributed by atoms with Crippen LogP contribution in [0.2, 0.25) is 0 Å². The molecule has 0 saturated heterocycles. The van der Waals surface area contributed by atoms with Crippen LogP contribution in [-0.2, 0) is 6.54 Å². The summed E-state index contributed by atoms with van der Waals surface area (Å²) in [6.07, 6.45) is 2.39. The van der Waals surface area contributed by atoms with Crippen molar-refractivity contribution in [2.75, 3.05) is 0 Å². The average molecular weight is 323 g/mol. The molecule has 6 nitrogen and oxygen atoms in total. The van der Waals surface area contributed by atoms with Crippen molar-refractivity contribution in [2.24, 2.45) is 0 Å². The molecule has 2 N–H and O–H groups in total. The summed E-state index contributed by atoms with van der Waals surface area (Å²) in [6.45, 7) is 1.88. The van der Waals surface area contributed by atoms with Crippen LogP contribution in [0.25, 0.3) is 11.3 Å². The Morgan fingerprint density at radius 2 is 1.92 bits per heavy atom. The number of pyridine rings is 1. The minimum Gasteiger partial charge on any atom is -0.385 e. The third-order valence-corrected chi connectivity index (χ3v) is 3.57. The second kappa shape index (κ2) is 7.06. The zero-order valence-corrected chi connectivity index (χ0v) is 13.1. The zero-order chi connectivity index (χ0) is 16.9. The van der Waals surface area contributed by atoms with Gasteiger partial charge in [-0.2, -0.15) is 0 Å². The first-order valence-electron chi connectivity index (χ1n) is 7.57. The standard InChI is InChI=1S/C18H17N3O3/c1-12(22)17-15(16(21-24-17)14-5-3-2-4-6-14)18(23)20-11-13-7-9-19-10-8-13/h2-10,12,22H,11H2,1H3,(H,20,23)/t12-/m0/s1. The van der Waals surface area contributed by atoms with Gasteiger partial charge in [0.2, 0.25) is 0 Å². The van der Waals surface area contributed by atoms with E-state index in [0.29, 0.717) is 12.2 Å². The van der Waals surface area contributed by atoms with E-state index >= 15 is 0 Å². The molecular weight excluding hydrogens is 306 g/mol. The molecule has 0 fully saturated rings. The third-order valence-electron chi connectivity index (χ3n) is 3.57. The van der Waals surface area contributed by atoms with E-state index in [0.717, 1.165) is 11.1 Å². The van der Waals surface area contributed by atoms with Gasteiger partial charge in [0.05, 0.1) is 0 Å². The molecule has 0 spiro atoms. The summed E-state index contributed by atoms with van der Waals surface area (Å²) in [7, 11) is 0. The van der Waals surface area contributed by atoms with E-state index in [4.69, 9.17) is 4.52 Å². The highest BCUT2D eigenvalue weighted by atomic mass is 16.5. The number of aliphatic hydroxyl groups is 1. The normalized spacial score (nSPS) is 11.9. The van der Waals surface area contributed by atoms with E-state index in [-0.39, 0.29) is 17.2 Å². The SMILES string of the molecule is C[C@H](O)c1onc(-c2ccccc2)c1C(=O)NCc1ccncc1. The quantitative estimate of drug-likeness (QED) is 0.753. The van der Waals surface area contributed by atoms with Crippen molar-refractivity contribution in [3.63, 3.8) is 0 Å². The van der Waals surface area contributed by atoms with Crippen molar-refractivity contribution in [1.29, 1.82) is 0 Å². The highest BCUT2D eigenvalue weighted by molar-refractivity contribution is 6.00. The van der Waals surface area contributed by atoms with Crippen LogP contribution in [0.5, 0.6) is 0 Å². The smallest absolute Gasteiger partial charge is 0.257 e. The van der Waals surface area contributed by atoms with E-state index in [1.165, 1.54) is 6.92 Å². The molecule has 1 aromatic carbocycles. The number of nitrogens with zero attached hydrogens (tertiary/aromatic N) is 2. The minimum absolute atomic E-state index is 0.154. The molecule has 0 unspecified atom stereocenters. The highest BCUT2D eigenvalue weighted by Gasteiger charge is 2.26. The van der Waals surface area contributed by atoms with Crippen molar-refractivity contribution < 1.29 is 14.4 Å². The molecule has 122 valence electrons. The van der Waals surface area contributed by atoms with Gasteiger partial charge in [-0.05, 0) is 24.6 Å². The second-order valence-corrected chi connectivity index (χ2v) is 5.35. The number of nitrogens with one attached hydrogen (secondary N) is 1. The molecule has 24 heavy (non-hydrogen) atoms. The molecular formula is C18H17N3O3. The summed E-state index contributed by atoms with van der Waals surface area (Å²) < 4.78 is 5.21. The first-order valence-corrected chi connectivity index (χ1v) is 7.57. The summed E-state index contributed by atoms with van der Waals surface area (Å²) >= 11 is 0. The van der Waals surface area contributed by atoms with Gasteiger partial charge in [0, 0.05) is 24.5 Å². The highest BCUT2D eigenvalue weighted by Crippen LogP contribution is 2.29. The van der Waals surface area contributed by atoms with Crippen molar-refractivity contribution in [1.82, 2.24) is 15.5 Å². The topological polar surface area (TPSA) is 88.2 Å². The van der Waals surface area contributed by atoms with Crippen molar-refractivity contribution in [3.8, 4) is 11.3 Å². The molecule has 0 bridgehead atoms. The van der Waals surface area contributed by atoms with Gasteiger partial charge in [0.25, 0.3) is 5.91 Å². The number of aliphatic hydroxyl groups excluding tert-OH is 1. The minimum atomic E-state index is -0.934. The Balaban J connectivity index is 1.90. The fourth-order valence-corrected chi connectivity index (χ4v) is 2.37. The maximum absolute atomic E-state index is 12.7. The van der Waals surface area contributed by atoms with Gasteiger partial charge in [-0.3, -0.25) is 9.78 Å². The lowest BCUT2D eigenvalue weighted by atomic mass is 10.0. The van der Waals surface area contributed by atoms with E-state index < -0.39 is 6.10 Å². The van der Waals surface area contributed by atoms with Crippen LogP contribution in [0.1, 0.15) is 34.7 Å². The number of carbonyl (C=O) groups excluding carboxylic acids is 1. The lowest BCUT2D eigenvalue weighted by Crippen LogP contribution is -2.24. The summed E-state index contributed by atoms with van der Waals surface area (Å²) in [5.74, 6) is -0.191. The summed E-state index contributed by atoms with van der Waals surface area (Å²) in [5, 5.41) is 16.7. The van der Waals surface area contributed by atoms with Gasteiger partial charge < -0.3 is 14.9 Å². The van der Waals surface area contributed by atoms with E-state index in [2.05, 4.69) is 15.5 Å². The lowest BCUT2D eigenvalue weighted by molar-refractivity contribution is 0.0938. The first kappa shape index (κ1) is 15.9. The Morgan fingerprint density at radius 1 is 1.21 bits per heavy atom. The van der Waals surface area contributed by atoms with Crippen molar-refractivity contribution in [2.45, 2.75) is 19.6 Å². The number of rotatable bonds is 5. The van der Waals surface area contributed by atoms with E-state index in [1.807, 2.05) is 42.5 Å². The Kier molecular flexibility index (Phi) is 4.67. The summed E-state index contributed by atoms with van der Waals surface area (Å²) in [4.78, 5) is 16.6. The molecule has 2 aromatic heterocycles. The fourth-order valence-electron chi connectivity index (χ4n) is 2.37. The van der Waals surface area contributed by atoms with Crippen LogP contribution in [0.3, 0.4) is 0 Å². The Labute approximate surface area is 139 Å². The number of aromatic nitrogens is 2. The Bertz CT molecular complexity index is 814. The van der Waals surface area contributed by atoms with Gasteiger partial charge in [-0.1, -0.05) is 35.5 Å². The molecule has 2 heterocycles. The number of benzene rings is 1. The fraction of sp³-hybridized carbons (Fsp3) is 0.167. The number of hydrogen-bond acceptors (Lipinski definition) is 5. The van der Waals surface area contributed by atoms with Crippen LogP contribution < -0.4 is 5.32 Å². The van der Waals surface area contributed by atoms with Gasteiger partial charge >= 0.3 is 0 Å². The molecule has 0 aliphatic rings. The van der Waals surface area contributed by atoms with Gasteiger partial charge in [-0.25, -0.2) is 0 Å². The lowest BCUT2D eigenvalue weighted by Gasteiger charge is -2.08. The number of amides is 1. The summed E-state index contributed by atoms with van der Waals surface area (Å²) in [5.41, 5.74) is 2.35. The number of carbonyl (C=O) groups is 1. The molecule has 1 amide bonds.